The third kappa shape index (κ3) is 4.25. The molecule has 0 saturated carbocycles. The first-order chi connectivity index (χ1) is 9.19. The van der Waals surface area contributed by atoms with Crippen molar-refractivity contribution in [3.8, 4) is 0 Å². The molecule has 1 amide bonds. The fraction of sp³-hybridized carbons (Fsp3) is 0.533. The van der Waals surface area contributed by atoms with Gasteiger partial charge in [0.25, 0.3) is 0 Å². The first kappa shape index (κ1) is 14.4. The highest BCUT2D eigenvalue weighted by Gasteiger charge is 2.26. The van der Waals surface area contributed by atoms with Crippen molar-refractivity contribution in [3.05, 3.63) is 29.8 Å². The monoisotopic (exact) mass is 279 g/mol. The molecule has 0 radical (unpaired) electrons. The van der Waals surface area contributed by atoms with E-state index in [4.69, 9.17) is 4.74 Å². The van der Waals surface area contributed by atoms with Crippen LogP contribution >= 0.6 is 12.6 Å². The summed E-state index contributed by atoms with van der Waals surface area (Å²) in [6.45, 7) is 3.67. The third-order valence-corrected chi connectivity index (χ3v) is 3.91. The molecular weight excluding hydrogens is 258 g/mol. The molecular formula is C15H21NO2S. The number of carbonyl (C=O) groups excluding carboxylic acids is 1. The van der Waals surface area contributed by atoms with Crippen LogP contribution in [-0.2, 0) is 16.0 Å². The topological polar surface area (TPSA) is 38.3 Å². The molecule has 1 aliphatic rings. The Morgan fingerprint density at radius 1 is 1.42 bits per heavy atom. The maximum atomic E-state index is 11.9. The van der Waals surface area contributed by atoms with Crippen LogP contribution in [0.3, 0.4) is 0 Å². The highest BCUT2D eigenvalue weighted by Crippen LogP contribution is 2.22. The molecule has 1 N–H and O–H groups in total. The first-order valence-corrected chi connectivity index (χ1v) is 7.30. The molecule has 1 aromatic rings. The van der Waals surface area contributed by atoms with E-state index in [1.165, 1.54) is 0 Å². The lowest BCUT2D eigenvalue weighted by atomic mass is 9.99. The number of hydrogen-bond acceptors (Lipinski definition) is 3. The lowest BCUT2D eigenvalue weighted by molar-refractivity contribution is -0.120. The van der Waals surface area contributed by atoms with Gasteiger partial charge in [-0.3, -0.25) is 4.79 Å². The second kappa shape index (κ2) is 6.96. The van der Waals surface area contributed by atoms with Crippen LogP contribution in [0.4, 0.5) is 0 Å². The van der Waals surface area contributed by atoms with Crippen molar-refractivity contribution in [3.63, 3.8) is 0 Å². The number of ether oxygens (including phenoxy) is 1. The minimum absolute atomic E-state index is 0.0775. The normalized spacial score (nSPS) is 22.4. The minimum atomic E-state index is 0.0775. The maximum Gasteiger partial charge on any atom is 0.224 e. The minimum Gasteiger partial charge on any atom is -0.378 e. The van der Waals surface area contributed by atoms with Gasteiger partial charge in [0.15, 0.2) is 0 Å². The zero-order valence-corrected chi connectivity index (χ0v) is 12.2. The largest absolute Gasteiger partial charge is 0.378 e. The van der Waals surface area contributed by atoms with Crippen molar-refractivity contribution in [2.45, 2.75) is 37.2 Å². The molecule has 4 heteroatoms. The standard InChI is InChI=1S/C15H21NO2S/c1-2-14-12(7-8-18-14)10-16-15(17)9-11-3-5-13(19)6-4-11/h3-6,12,14,19H,2,7-10H2,1H3,(H,16,17). The summed E-state index contributed by atoms with van der Waals surface area (Å²) in [5.41, 5.74) is 1.02. The number of carbonyl (C=O) groups is 1. The zero-order valence-electron chi connectivity index (χ0n) is 11.3. The Kier molecular flexibility index (Phi) is 5.28. The summed E-state index contributed by atoms with van der Waals surface area (Å²) in [5, 5.41) is 3.01. The lowest BCUT2D eigenvalue weighted by Gasteiger charge is -2.17. The molecule has 2 unspecified atom stereocenters. The molecule has 3 nitrogen and oxygen atoms in total. The Labute approximate surface area is 120 Å². The Morgan fingerprint density at radius 3 is 2.84 bits per heavy atom. The van der Waals surface area contributed by atoms with Crippen LogP contribution in [0.15, 0.2) is 29.2 Å². The van der Waals surface area contributed by atoms with Crippen LogP contribution in [-0.4, -0.2) is 25.2 Å². The Balaban J connectivity index is 1.77. The SMILES string of the molecule is CCC1OCCC1CNC(=O)Cc1ccc(S)cc1. The van der Waals surface area contributed by atoms with Gasteiger partial charge in [0, 0.05) is 24.0 Å². The van der Waals surface area contributed by atoms with E-state index in [0.717, 1.165) is 36.5 Å². The molecule has 1 aliphatic heterocycles. The molecule has 19 heavy (non-hydrogen) atoms. The molecule has 1 heterocycles. The van der Waals surface area contributed by atoms with Crippen LogP contribution < -0.4 is 5.32 Å². The second-order valence-electron chi connectivity index (χ2n) is 5.01. The van der Waals surface area contributed by atoms with Gasteiger partial charge in [-0.05, 0) is 30.5 Å². The van der Waals surface area contributed by atoms with Crippen molar-refractivity contribution in [2.24, 2.45) is 5.92 Å². The van der Waals surface area contributed by atoms with Crippen molar-refractivity contribution in [1.29, 1.82) is 0 Å². The summed E-state index contributed by atoms with van der Waals surface area (Å²) in [6, 6.07) is 7.69. The Hall–Kier alpha value is -1.00. The molecule has 0 bridgehead atoms. The summed E-state index contributed by atoms with van der Waals surface area (Å²) < 4.78 is 5.62. The van der Waals surface area contributed by atoms with E-state index in [2.05, 4.69) is 24.9 Å². The Morgan fingerprint density at radius 2 is 2.16 bits per heavy atom. The van der Waals surface area contributed by atoms with E-state index in [9.17, 15) is 4.79 Å². The molecule has 1 aromatic carbocycles. The molecule has 0 spiro atoms. The van der Waals surface area contributed by atoms with Gasteiger partial charge in [0.2, 0.25) is 5.91 Å². The summed E-state index contributed by atoms with van der Waals surface area (Å²) in [4.78, 5) is 12.8. The Bertz CT molecular complexity index is 419. The van der Waals surface area contributed by atoms with E-state index >= 15 is 0 Å². The van der Waals surface area contributed by atoms with Crippen LogP contribution in [0, 0.1) is 5.92 Å². The number of nitrogens with one attached hydrogen (secondary N) is 1. The van der Waals surface area contributed by atoms with Gasteiger partial charge in [-0.2, -0.15) is 0 Å². The molecule has 2 rings (SSSR count). The van der Waals surface area contributed by atoms with Gasteiger partial charge >= 0.3 is 0 Å². The quantitative estimate of drug-likeness (QED) is 0.813. The average molecular weight is 279 g/mol. The van der Waals surface area contributed by atoms with Crippen LogP contribution in [0.5, 0.6) is 0 Å². The van der Waals surface area contributed by atoms with Gasteiger partial charge in [0.05, 0.1) is 12.5 Å². The van der Waals surface area contributed by atoms with E-state index in [1.807, 2.05) is 24.3 Å². The lowest BCUT2D eigenvalue weighted by Crippen LogP contribution is -2.33. The van der Waals surface area contributed by atoms with Gasteiger partial charge in [-0.15, -0.1) is 12.6 Å². The molecule has 0 aromatic heterocycles. The average Bonchev–Trinajstić information content (AvgIpc) is 2.86. The van der Waals surface area contributed by atoms with Crippen molar-refractivity contribution in [1.82, 2.24) is 5.32 Å². The maximum absolute atomic E-state index is 11.9. The van der Waals surface area contributed by atoms with Gasteiger partial charge < -0.3 is 10.1 Å². The molecule has 104 valence electrons. The van der Waals surface area contributed by atoms with Crippen molar-refractivity contribution < 1.29 is 9.53 Å². The predicted octanol–water partition coefficient (Wildman–Crippen LogP) is 2.45. The van der Waals surface area contributed by atoms with Gasteiger partial charge in [-0.1, -0.05) is 19.1 Å². The molecule has 1 saturated heterocycles. The van der Waals surface area contributed by atoms with E-state index in [0.29, 0.717) is 18.4 Å². The van der Waals surface area contributed by atoms with E-state index in [-0.39, 0.29) is 5.91 Å². The zero-order chi connectivity index (χ0) is 13.7. The molecule has 1 fully saturated rings. The van der Waals surface area contributed by atoms with Crippen LogP contribution in [0.1, 0.15) is 25.3 Å². The van der Waals surface area contributed by atoms with Gasteiger partial charge in [-0.25, -0.2) is 0 Å². The fourth-order valence-corrected chi connectivity index (χ4v) is 2.63. The smallest absolute Gasteiger partial charge is 0.224 e. The van der Waals surface area contributed by atoms with Crippen LogP contribution in [0.2, 0.25) is 0 Å². The predicted molar refractivity (Wildman–Crippen MR) is 78.5 cm³/mol. The van der Waals surface area contributed by atoms with Crippen LogP contribution in [0.25, 0.3) is 0 Å². The summed E-state index contributed by atoms with van der Waals surface area (Å²) >= 11 is 4.23. The molecule has 2 atom stereocenters. The number of thiol groups is 1. The third-order valence-electron chi connectivity index (χ3n) is 3.61. The highest BCUT2D eigenvalue weighted by atomic mass is 32.1. The van der Waals surface area contributed by atoms with Crippen molar-refractivity contribution >= 4 is 18.5 Å². The number of amides is 1. The first-order valence-electron chi connectivity index (χ1n) is 6.85. The summed E-state index contributed by atoms with van der Waals surface area (Å²) in [5.74, 6) is 0.544. The number of hydrogen-bond donors (Lipinski definition) is 2. The van der Waals surface area contributed by atoms with Crippen molar-refractivity contribution in [2.75, 3.05) is 13.2 Å². The fourth-order valence-electron chi connectivity index (χ4n) is 2.48. The number of rotatable bonds is 5. The molecule has 0 aliphatic carbocycles. The van der Waals surface area contributed by atoms with E-state index < -0.39 is 0 Å². The van der Waals surface area contributed by atoms with Gasteiger partial charge in [0.1, 0.15) is 0 Å². The second-order valence-corrected chi connectivity index (χ2v) is 5.53. The summed E-state index contributed by atoms with van der Waals surface area (Å²) in [7, 11) is 0. The summed E-state index contributed by atoms with van der Waals surface area (Å²) in [6.07, 6.45) is 2.80. The van der Waals surface area contributed by atoms with E-state index in [1.54, 1.807) is 0 Å². The number of benzene rings is 1. The highest BCUT2D eigenvalue weighted by molar-refractivity contribution is 7.80.